The van der Waals surface area contributed by atoms with E-state index in [0.717, 1.165) is 22.2 Å². The number of methoxy groups -OCH3 is 2. The number of rotatable bonds is 3. The zero-order chi connectivity index (χ0) is 16.6. The highest BCUT2D eigenvalue weighted by Gasteiger charge is 2.53. The maximum absolute atomic E-state index is 12.5. The van der Waals surface area contributed by atoms with Gasteiger partial charge in [0.2, 0.25) is 0 Å². The first-order chi connectivity index (χ1) is 11.1. The summed E-state index contributed by atoms with van der Waals surface area (Å²) in [4.78, 5) is 28.3. The third kappa shape index (κ3) is 2.15. The Balaban J connectivity index is 2.23. The normalized spacial score (nSPS) is 19.0. The molecule has 0 fully saturated rings. The number of hydrogen-bond acceptors (Lipinski definition) is 4. The van der Waals surface area contributed by atoms with Crippen LogP contribution in [0.2, 0.25) is 0 Å². The van der Waals surface area contributed by atoms with E-state index in [0.29, 0.717) is 0 Å². The van der Waals surface area contributed by atoms with Gasteiger partial charge >= 0.3 is 11.9 Å². The number of H-pyrrole nitrogens is 1. The van der Waals surface area contributed by atoms with Gasteiger partial charge in [0.05, 0.1) is 14.2 Å². The van der Waals surface area contributed by atoms with E-state index in [-0.39, 0.29) is 18.8 Å². The maximum atomic E-state index is 12.5. The van der Waals surface area contributed by atoms with Crippen LogP contribution in [0.15, 0.2) is 36.9 Å². The molecule has 1 N–H and O–H groups in total. The number of carbonyl (C=O) groups excluding carboxylic acids is 2. The van der Waals surface area contributed by atoms with Crippen LogP contribution in [0.5, 0.6) is 0 Å². The zero-order valence-corrected chi connectivity index (χ0v) is 13.2. The lowest BCUT2D eigenvalue weighted by molar-refractivity contribution is -0.170. The smallest absolute Gasteiger partial charge is 0.323 e. The largest absolute Gasteiger partial charge is 0.468 e. The molecule has 2 aromatic rings. The lowest BCUT2D eigenvalue weighted by Crippen LogP contribution is -2.46. The molecule has 0 aliphatic heterocycles. The van der Waals surface area contributed by atoms with Gasteiger partial charge in [-0.05, 0) is 18.1 Å². The number of hydrogen-bond donors (Lipinski definition) is 1. The summed E-state index contributed by atoms with van der Waals surface area (Å²) in [6, 6.07) is 7.84. The molecule has 1 heterocycles. The van der Waals surface area contributed by atoms with Crippen LogP contribution in [-0.4, -0.2) is 31.1 Å². The molecular weight excluding hydrogens is 294 g/mol. The average Bonchev–Trinajstić information content (AvgIpc) is 2.97. The van der Waals surface area contributed by atoms with Gasteiger partial charge in [0, 0.05) is 28.9 Å². The summed E-state index contributed by atoms with van der Waals surface area (Å²) in [5.74, 6) is -1.27. The van der Waals surface area contributed by atoms with E-state index >= 15 is 0 Å². The van der Waals surface area contributed by atoms with Crippen LogP contribution in [0.1, 0.15) is 23.6 Å². The summed E-state index contributed by atoms with van der Waals surface area (Å²) in [6.45, 7) is 3.87. The molecule has 3 rings (SSSR count). The fourth-order valence-electron chi connectivity index (χ4n) is 3.57. The maximum Gasteiger partial charge on any atom is 0.323 e. The molecule has 0 amide bonds. The molecule has 23 heavy (non-hydrogen) atoms. The van der Waals surface area contributed by atoms with Crippen molar-refractivity contribution in [1.82, 2.24) is 4.98 Å². The second-order valence-electron chi connectivity index (χ2n) is 5.85. The molecule has 0 saturated carbocycles. The number of fused-ring (bicyclic) bond motifs is 3. The minimum Gasteiger partial charge on any atom is -0.468 e. The zero-order valence-electron chi connectivity index (χ0n) is 13.2. The Labute approximate surface area is 134 Å². The molecule has 0 saturated heterocycles. The SMILES string of the molecule is C=C[C@H]1CC(C(=O)OC)(C(=O)OC)Cc2c1[nH]c1ccccc21. The predicted molar refractivity (Wildman–Crippen MR) is 86.0 cm³/mol. The van der Waals surface area contributed by atoms with Gasteiger partial charge in [0.15, 0.2) is 5.41 Å². The molecule has 0 spiro atoms. The van der Waals surface area contributed by atoms with Gasteiger partial charge in [-0.25, -0.2) is 0 Å². The first kappa shape index (κ1) is 15.3. The van der Waals surface area contributed by atoms with E-state index in [2.05, 4.69) is 11.6 Å². The van der Waals surface area contributed by atoms with Crippen LogP contribution in [0, 0.1) is 5.41 Å². The van der Waals surface area contributed by atoms with Gasteiger partial charge in [-0.3, -0.25) is 9.59 Å². The third-order valence-corrected chi connectivity index (χ3v) is 4.70. The monoisotopic (exact) mass is 313 g/mol. The van der Waals surface area contributed by atoms with E-state index in [1.807, 2.05) is 24.3 Å². The van der Waals surface area contributed by atoms with Gasteiger partial charge < -0.3 is 14.5 Å². The topological polar surface area (TPSA) is 68.4 Å². The molecule has 0 unspecified atom stereocenters. The number of esters is 2. The van der Waals surface area contributed by atoms with E-state index in [1.54, 1.807) is 6.08 Å². The third-order valence-electron chi connectivity index (χ3n) is 4.70. The van der Waals surface area contributed by atoms with E-state index in [9.17, 15) is 9.59 Å². The Morgan fingerprint density at radius 3 is 2.52 bits per heavy atom. The van der Waals surface area contributed by atoms with Gasteiger partial charge in [0.25, 0.3) is 0 Å². The highest BCUT2D eigenvalue weighted by atomic mass is 16.5. The van der Waals surface area contributed by atoms with Crippen LogP contribution < -0.4 is 0 Å². The fourth-order valence-corrected chi connectivity index (χ4v) is 3.57. The molecule has 120 valence electrons. The number of aromatic nitrogens is 1. The lowest BCUT2D eigenvalue weighted by Gasteiger charge is -2.35. The van der Waals surface area contributed by atoms with Crippen molar-refractivity contribution in [3.63, 3.8) is 0 Å². The van der Waals surface area contributed by atoms with Crippen molar-refractivity contribution in [2.45, 2.75) is 18.8 Å². The van der Waals surface area contributed by atoms with Crippen molar-refractivity contribution in [1.29, 1.82) is 0 Å². The van der Waals surface area contributed by atoms with E-state index < -0.39 is 17.4 Å². The molecule has 0 bridgehead atoms. The van der Waals surface area contributed by atoms with Crippen LogP contribution in [0.4, 0.5) is 0 Å². The van der Waals surface area contributed by atoms with Crippen LogP contribution in [0.25, 0.3) is 10.9 Å². The van der Waals surface area contributed by atoms with E-state index in [1.165, 1.54) is 14.2 Å². The Hall–Kier alpha value is -2.56. The van der Waals surface area contributed by atoms with Crippen LogP contribution in [-0.2, 0) is 25.5 Å². The highest BCUT2D eigenvalue weighted by molar-refractivity contribution is 6.02. The minimum absolute atomic E-state index is 0.149. The molecule has 1 atom stereocenters. The lowest BCUT2D eigenvalue weighted by atomic mass is 9.68. The summed E-state index contributed by atoms with van der Waals surface area (Å²) in [7, 11) is 2.58. The number of benzene rings is 1. The number of allylic oxidation sites excluding steroid dienone is 1. The van der Waals surface area contributed by atoms with Crippen LogP contribution >= 0.6 is 0 Å². The second kappa shape index (κ2) is 5.57. The molecule has 5 nitrogen and oxygen atoms in total. The van der Waals surface area contributed by atoms with Crippen molar-refractivity contribution in [3.05, 3.63) is 48.2 Å². The fraction of sp³-hybridized carbons (Fsp3) is 0.333. The van der Waals surface area contributed by atoms with Gasteiger partial charge in [0.1, 0.15) is 0 Å². The molecule has 5 heteroatoms. The Bertz CT molecular complexity index is 773. The van der Waals surface area contributed by atoms with Crippen molar-refractivity contribution < 1.29 is 19.1 Å². The first-order valence-corrected chi connectivity index (χ1v) is 7.46. The standard InChI is InChI=1S/C18H19NO4/c1-4-11-9-18(16(20)22-2,17(21)23-3)10-13-12-7-5-6-8-14(12)19-15(11)13/h4-8,11,19H,1,9-10H2,2-3H3/t11-/m0/s1. The van der Waals surface area contributed by atoms with E-state index in [4.69, 9.17) is 9.47 Å². The van der Waals surface area contributed by atoms with Crippen molar-refractivity contribution in [3.8, 4) is 0 Å². The highest BCUT2D eigenvalue weighted by Crippen LogP contribution is 2.46. The first-order valence-electron chi connectivity index (χ1n) is 7.46. The summed E-state index contributed by atoms with van der Waals surface area (Å²) in [6.07, 6.45) is 2.31. The Kier molecular flexibility index (Phi) is 3.72. The molecule has 1 aromatic carbocycles. The summed E-state index contributed by atoms with van der Waals surface area (Å²) in [5.41, 5.74) is 1.60. The number of ether oxygens (including phenoxy) is 2. The number of nitrogens with one attached hydrogen (secondary N) is 1. The van der Waals surface area contributed by atoms with Gasteiger partial charge in [-0.15, -0.1) is 6.58 Å². The predicted octanol–water partition coefficient (Wildman–Crippen LogP) is 2.72. The van der Waals surface area contributed by atoms with Crippen molar-refractivity contribution >= 4 is 22.8 Å². The van der Waals surface area contributed by atoms with Gasteiger partial charge in [-0.2, -0.15) is 0 Å². The number of para-hydroxylation sites is 1. The Morgan fingerprint density at radius 2 is 1.91 bits per heavy atom. The second-order valence-corrected chi connectivity index (χ2v) is 5.85. The molecule has 1 aliphatic rings. The van der Waals surface area contributed by atoms with Crippen molar-refractivity contribution in [2.75, 3.05) is 14.2 Å². The molecular formula is C18H19NO4. The molecule has 1 aliphatic carbocycles. The van der Waals surface area contributed by atoms with Crippen molar-refractivity contribution in [2.24, 2.45) is 5.41 Å². The number of carbonyl (C=O) groups is 2. The summed E-state index contributed by atoms with van der Waals surface area (Å²) in [5, 5.41) is 1.01. The average molecular weight is 313 g/mol. The minimum atomic E-state index is -1.33. The van der Waals surface area contributed by atoms with Crippen LogP contribution in [0.3, 0.4) is 0 Å². The summed E-state index contributed by atoms with van der Waals surface area (Å²) >= 11 is 0. The molecule has 0 radical (unpaired) electrons. The quantitative estimate of drug-likeness (QED) is 0.537. The Morgan fingerprint density at radius 1 is 1.26 bits per heavy atom. The number of aromatic amines is 1. The summed E-state index contributed by atoms with van der Waals surface area (Å²) < 4.78 is 9.86. The molecule has 1 aromatic heterocycles. The van der Waals surface area contributed by atoms with Gasteiger partial charge in [-0.1, -0.05) is 24.3 Å².